The first-order valence-electron chi connectivity index (χ1n) is 14.5. The summed E-state index contributed by atoms with van der Waals surface area (Å²) < 4.78 is 0. The predicted octanol–water partition coefficient (Wildman–Crippen LogP) is 3.32. The van der Waals surface area contributed by atoms with Crippen molar-refractivity contribution in [2.45, 2.75) is 69.1 Å². The van der Waals surface area contributed by atoms with Gasteiger partial charge in [0.15, 0.2) is 0 Å². The van der Waals surface area contributed by atoms with Crippen LogP contribution in [-0.2, 0) is 22.4 Å². The van der Waals surface area contributed by atoms with Crippen molar-refractivity contribution in [2.75, 3.05) is 39.8 Å². The second kappa shape index (κ2) is 13.3. The van der Waals surface area contributed by atoms with Crippen molar-refractivity contribution in [3.05, 3.63) is 70.2 Å². The van der Waals surface area contributed by atoms with Gasteiger partial charge in [-0.3, -0.25) is 9.59 Å². The van der Waals surface area contributed by atoms with Gasteiger partial charge in [-0.1, -0.05) is 48.0 Å². The minimum Gasteiger partial charge on any atom is -0.344 e. The molecule has 0 bridgehead atoms. The van der Waals surface area contributed by atoms with E-state index in [0.717, 1.165) is 44.5 Å². The summed E-state index contributed by atoms with van der Waals surface area (Å²) in [5, 5.41) is 11.1. The van der Waals surface area contributed by atoms with E-state index in [4.69, 9.17) is 11.6 Å². The van der Waals surface area contributed by atoms with Crippen LogP contribution in [0, 0.1) is 0 Å². The largest absolute Gasteiger partial charge is 0.344 e. The highest BCUT2D eigenvalue weighted by Crippen LogP contribution is 2.25. The van der Waals surface area contributed by atoms with Crippen molar-refractivity contribution < 1.29 is 9.59 Å². The number of likely N-dealkylation sites (tertiary alicyclic amines) is 2. The summed E-state index contributed by atoms with van der Waals surface area (Å²) in [6.45, 7) is 4.57. The predicted molar refractivity (Wildman–Crippen MR) is 156 cm³/mol. The Balaban J connectivity index is 1.20. The van der Waals surface area contributed by atoms with Gasteiger partial charge in [0.05, 0.1) is 0 Å². The molecule has 0 radical (unpaired) electrons. The molecular weight excluding hydrogens is 510 g/mol. The molecule has 5 rings (SSSR count). The van der Waals surface area contributed by atoms with E-state index >= 15 is 0 Å². The van der Waals surface area contributed by atoms with Gasteiger partial charge < -0.3 is 25.8 Å². The van der Waals surface area contributed by atoms with Crippen LogP contribution in [0.4, 0.5) is 0 Å². The van der Waals surface area contributed by atoms with Gasteiger partial charge in [0.25, 0.3) is 0 Å². The lowest BCUT2D eigenvalue weighted by Crippen LogP contribution is -2.55. The molecular formula is C31H42ClN5O2. The summed E-state index contributed by atoms with van der Waals surface area (Å²) in [6.07, 6.45) is 5.99. The Morgan fingerprint density at radius 2 is 1.64 bits per heavy atom. The van der Waals surface area contributed by atoms with E-state index in [2.05, 4.69) is 46.1 Å². The Kier molecular flexibility index (Phi) is 9.56. The summed E-state index contributed by atoms with van der Waals surface area (Å²) >= 11 is 6.10. The number of halogens is 1. The lowest BCUT2D eigenvalue weighted by atomic mass is 9.92. The summed E-state index contributed by atoms with van der Waals surface area (Å²) in [7, 11) is 2.18. The van der Waals surface area contributed by atoms with Gasteiger partial charge >= 0.3 is 0 Å². The summed E-state index contributed by atoms with van der Waals surface area (Å²) in [6, 6.07) is 16.2. The van der Waals surface area contributed by atoms with E-state index in [1.165, 1.54) is 24.0 Å². The normalized spacial score (nSPS) is 21.8. The third kappa shape index (κ3) is 7.60. The highest BCUT2D eigenvalue weighted by Gasteiger charge is 2.31. The molecule has 7 nitrogen and oxygen atoms in total. The zero-order valence-electron chi connectivity index (χ0n) is 23.0. The highest BCUT2D eigenvalue weighted by molar-refractivity contribution is 6.30. The van der Waals surface area contributed by atoms with Gasteiger partial charge in [-0.2, -0.15) is 0 Å². The fourth-order valence-electron chi connectivity index (χ4n) is 6.27. The minimum atomic E-state index is -0.601. The molecule has 2 aromatic rings. The highest BCUT2D eigenvalue weighted by atomic mass is 35.5. The third-order valence-corrected chi connectivity index (χ3v) is 8.84. The van der Waals surface area contributed by atoms with E-state index in [1.807, 2.05) is 35.2 Å². The van der Waals surface area contributed by atoms with Crippen LogP contribution in [0.1, 0.15) is 54.8 Å². The molecule has 39 heavy (non-hydrogen) atoms. The Morgan fingerprint density at radius 3 is 2.36 bits per heavy atom. The molecule has 0 saturated carbocycles. The van der Waals surface area contributed by atoms with Gasteiger partial charge in [0.2, 0.25) is 11.8 Å². The van der Waals surface area contributed by atoms with Crippen molar-refractivity contribution in [1.29, 1.82) is 0 Å². The number of nitrogens with one attached hydrogen (secondary N) is 3. The van der Waals surface area contributed by atoms with E-state index in [1.54, 1.807) is 0 Å². The quantitative estimate of drug-likeness (QED) is 0.469. The molecule has 0 aliphatic carbocycles. The fraction of sp³-hybridized carbons (Fsp3) is 0.548. The topological polar surface area (TPSA) is 76.7 Å². The maximum Gasteiger partial charge on any atom is 0.245 e. The molecule has 2 saturated heterocycles. The number of carbonyl (C=O) groups is 2. The lowest BCUT2D eigenvalue weighted by Gasteiger charge is -2.38. The molecule has 0 spiro atoms. The second-order valence-electron chi connectivity index (χ2n) is 11.5. The summed E-state index contributed by atoms with van der Waals surface area (Å²) in [5.74, 6) is -0.0941. The number of amides is 2. The van der Waals surface area contributed by atoms with Crippen molar-refractivity contribution in [2.24, 2.45) is 0 Å². The van der Waals surface area contributed by atoms with Crippen LogP contribution in [0.3, 0.4) is 0 Å². The molecule has 3 aliphatic heterocycles. The molecule has 2 amide bonds. The average molecular weight is 552 g/mol. The zero-order chi connectivity index (χ0) is 27.2. The number of carbonyl (C=O) groups excluding carboxylic acids is 2. The first kappa shape index (κ1) is 28.1. The number of benzene rings is 2. The SMILES string of the molecule is CN1CCC(NC2CCN(C(=O)[C@@H](Cc3ccc(Cl)cc3)NC(=O)C[C@H]3NCCc4ccccc43)CC2)CC1. The smallest absolute Gasteiger partial charge is 0.245 e. The summed E-state index contributed by atoms with van der Waals surface area (Å²) in [4.78, 5) is 31.4. The van der Waals surface area contributed by atoms with Crippen LogP contribution in [-0.4, -0.2) is 79.5 Å². The van der Waals surface area contributed by atoms with Crippen molar-refractivity contribution >= 4 is 23.4 Å². The van der Waals surface area contributed by atoms with Gasteiger partial charge in [0, 0.05) is 49.1 Å². The van der Waals surface area contributed by atoms with Gasteiger partial charge in [-0.25, -0.2) is 0 Å². The average Bonchev–Trinajstić information content (AvgIpc) is 2.95. The van der Waals surface area contributed by atoms with Gasteiger partial charge in [-0.15, -0.1) is 0 Å². The van der Waals surface area contributed by atoms with Gasteiger partial charge in [-0.05, 0) is 87.6 Å². The molecule has 2 aromatic carbocycles. The summed E-state index contributed by atoms with van der Waals surface area (Å²) in [5.41, 5.74) is 3.45. The molecule has 0 unspecified atom stereocenters. The van der Waals surface area contributed by atoms with Crippen LogP contribution < -0.4 is 16.0 Å². The number of rotatable bonds is 8. The van der Waals surface area contributed by atoms with Crippen LogP contribution in [0.5, 0.6) is 0 Å². The molecule has 3 N–H and O–H groups in total. The van der Waals surface area contributed by atoms with Crippen molar-refractivity contribution in [3.8, 4) is 0 Å². The molecule has 3 aliphatic rings. The molecule has 210 valence electrons. The number of fused-ring (bicyclic) bond motifs is 1. The minimum absolute atomic E-state index is 0.00745. The molecule has 8 heteroatoms. The van der Waals surface area contributed by atoms with Crippen LogP contribution >= 0.6 is 11.6 Å². The van der Waals surface area contributed by atoms with E-state index in [0.29, 0.717) is 43.0 Å². The molecule has 3 heterocycles. The first-order valence-corrected chi connectivity index (χ1v) is 14.9. The van der Waals surface area contributed by atoms with Crippen LogP contribution in [0.15, 0.2) is 48.5 Å². The zero-order valence-corrected chi connectivity index (χ0v) is 23.8. The number of hydrogen-bond donors (Lipinski definition) is 3. The van der Waals surface area contributed by atoms with Crippen molar-refractivity contribution in [1.82, 2.24) is 25.8 Å². The van der Waals surface area contributed by atoms with Gasteiger partial charge in [0.1, 0.15) is 6.04 Å². The lowest BCUT2D eigenvalue weighted by molar-refractivity contribution is -0.137. The Labute approximate surface area is 237 Å². The molecule has 2 fully saturated rings. The monoisotopic (exact) mass is 551 g/mol. The Hall–Kier alpha value is -2.45. The number of piperidine rings is 2. The second-order valence-corrected chi connectivity index (χ2v) is 11.9. The Bertz CT molecular complexity index is 1110. The third-order valence-electron chi connectivity index (χ3n) is 8.59. The number of nitrogens with zero attached hydrogens (tertiary/aromatic N) is 2. The maximum atomic E-state index is 13.8. The number of hydrogen-bond acceptors (Lipinski definition) is 5. The Morgan fingerprint density at radius 1 is 0.974 bits per heavy atom. The van der Waals surface area contributed by atoms with Crippen LogP contribution in [0.25, 0.3) is 0 Å². The van der Waals surface area contributed by atoms with E-state index < -0.39 is 6.04 Å². The molecule has 0 aromatic heterocycles. The van der Waals surface area contributed by atoms with E-state index in [9.17, 15) is 9.59 Å². The van der Waals surface area contributed by atoms with Crippen LogP contribution in [0.2, 0.25) is 5.02 Å². The van der Waals surface area contributed by atoms with Crippen molar-refractivity contribution in [3.63, 3.8) is 0 Å². The standard InChI is InChI=1S/C31H42ClN5O2/c1-36-16-11-25(12-17-36)34-26-13-18-37(19-14-26)31(39)29(20-22-6-8-24(32)9-7-22)35-30(38)21-28-27-5-3-2-4-23(27)10-15-33-28/h2-9,25-26,28-29,33-34H,10-21H2,1H3,(H,35,38)/t28-,29-/m1/s1. The fourth-order valence-corrected chi connectivity index (χ4v) is 6.39. The van der Waals surface area contributed by atoms with E-state index in [-0.39, 0.29) is 17.9 Å². The first-order chi connectivity index (χ1) is 18.9. The molecule has 2 atom stereocenters. The maximum absolute atomic E-state index is 13.8.